The van der Waals surface area contributed by atoms with Crippen molar-refractivity contribution in [3.8, 4) is 0 Å². The standard InChI is InChI=1S/C13H25F2N/c1-4-10(3)12(16-5-2)11-6-8-13(14,15)9-7-11/h10-12,16H,4-9H2,1-3H3. The molecular weight excluding hydrogens is 208 g/mol. The van der Waals surface area contributed by atoms with Gasteiger partial charge in [-0.25, -0.2) is 8.78 Å². The van der Waals surface area contributed by atoms with E-state index in [1.165, 1.54) is 0 Å². The smallest absolute Gasteiger partial charge is 0.248 e. The van der Waals surface area contributed by atoms with Crippen molar-refractivity contribution >= 4 is 0 Å². The Bertz CT molecular complexity index is 196. The molecule has 0 saturated heterocycles. The third-order valence-corrected chi connectivity index (χ3v) is 3.97. The van der Waals surface area contributed by atoms with Gasteiger partial charge in [0.05, 0.1) is 0 Å². The van der Waals surface area contributed by atoms with Gasteiger partial charge in [0.1, 0.15) is 0 Å². The number of alkyl halides is 2. The topological polar surface area (TPSA) is 12.0 Å². The second kappa shape index (κ2) is 5.95. The number of nitrogens with one attached hydrogen (secondary N) is 1. The maximum atomic E-state index is 13.1. The summed E-state index contributed by atoms with van der Waals surface area (Å²) in [5, 5.41) is 3.49. The fourth-order valence-corrected chi connectivity index (χ4v) is 2.74. The van der Waals surface area contributed by atoms with Crippen molar-refractivity contribution in [2.45, 2.75) is 64.8 Å². The van der Waals surface area contributed by atoms with E-state index < -0.39 is 5.92 Å². The van der Waals surface area contributed by atoms with Gasteiger partial charge < -0.3 is 5.32 Å². The van der Waals surface area contributed by atoms with Crippen LogP contribution < -0.4 is 5.32 Å². The highest BCUT2D eigenvalue weighted by Gasteiger charge is 2.38. The molecule has 0 aliphatic heterocycles. The second-order valence-corrected chi connectivity index (χ2v) is 5.16. The van der Waals surface area contributed by atoms with Gasteiger partial charge in [-0.1, -0.05) is 27.2 Å². The highest BCUT2D eigenvalue weighted by molar-refractivity contribution is 4.86. The molecule has 0 bridgehead atoms. The molecule has 2 unspecified atom stereocenters. The SMILES string of the molecule is CCNC(C(C)CC)C1CCC(F)(F)CC1. The van der Waals surface area contributed by atoms with Crippen molar-refractivity contribution in [1.82, 2.24) is 5.32 Å². The molecule has 3 heteroatoms. The molecule has 1 nitrogen and oxygen atoms in total. The number of halogens is 2. The lowest BCUT2D eigenvalue weighted by Gasteiger charge is -2.37. The van der Waals surface area contributed by atoms with E-state index in [2.05, 4.69) is 26.1 Å². The summed E-state index contributed by atoms with van der Waals surface area (Å²) >= 11 is 0. The summed E-state index contributed by atoms with van der Waals surface area (Å²) in [4.78, 5) is 0. The van der Waals surface area contributed by atoms with Crippen LogP contribution in [0.3, 0.4) is 0 Å². The normalized spacial score (nSPS) is 25.3. The van der Waals surface area contributed by atoms with Gasteiger partial charge in [0, 0.05) is 18.9 Å². The number of hydrogen-bond acceptors (Lipinski definition) is 1. The predicted molar refractivity (Wildman–Crippen MR) is 63.8 cm³/mol. The van der Waals surface area contributed by atoms with Crippen LogP contribution in [0.15, 0.2) is 0 Å². The van der Waals surface area contributed by atoms with Crippen molar-refractivity contribution in [2.24, 2.45) is 11.8 Å². The minimum atomic E-state index is -2.40. The Labute approximate surface area is 98.0 Å². The van der Waals surface area contributed by atoms with Crippen molar-refractivity contribution in [1.29, 1.82) is 0 Å². The maximum Gasteiger partial charge on any atom is 0.248 e. The van der Waals surface area contributed by atoms with Gasteiger partial charge in [0.25, 0.3) is 0 Å². The summed E-state index contributed by atoms with van der Waals surface area (Å²) in [6, 6.07) is 0.422. The quantitative estimate of drug-likeness (QED) is 0.761. The summed E-state index contributed by atoms with van der Waals surface area (Å²) in [5.41, 5.74) is 0. The molecule has 16 heavy (non-hydrogen) atoms. The van der Waals surface area contributed by atoms with E-state index in [1.807, 2.05) is 0 Å². The lowest BCUT2D eigenvalue weighted by molar-refractivity contribution is -0.0517. The van der Waals surface area contributed by atoms with Crippen LogP contribution in [0.5, 0.6) is 0 Å². The van der Waals surface area contributed by atoms with Crippen LogP contribution in [0, 0.1) is 11.8 Å². The third kappa shape index (κ3) is 3.69. The van der Waals surface area contributed by atoms with Crippen molar-refractivity contribution in [2.75, 3.05) is 6.54 Å². The molecular formula is C13H25F2N. The lowest BCUT2D eigenvalue weighted by atomic mass is 9.77. The summed E-state index contributed by atoms with van der Waals surface area (Å²) in [7, 11) is 0. The van der Waals surface area contributed by atoms with E-state index in [-0.39, 0.29) is 12.8 Å². The highest BCUT2D eigenvalue weighted by atomic mass is 19.3. The van der Waals surface area contributed by atoms with Crippen LogP contribution in [0.4, 0.5) is 8.78 Å². The molecule has 1 N–H and O–H groups in total. The van der Waals surface area contributed by atoms with Crippen LogP contribution in [0.1, 0.15) is 52.9 Å². The first-order valence-corrected chi connectivity index (χ1v) is 6.61. The first-order valence-electron chi connectivity index (χ1n) is 6.61. The highest BCUT2D eigenvalue weighted by Crippen LogP contribution is 2.38. The van der Waals surface area contributed by atoms with Gasteiger partial charge in [0.2, 0.25) is 5.92 Å². The number of rotatable bonds is 5. The Morgan fingerprint density at radius 1 is 1.25 bits per heavy atom. The minimum Gasteiger partial charge on any atom is -0.314 e. The monoisotopic (exact) mass is 233 g/mol. The fraction of sp³-hybridized carbons (Fsp3) is 1.00. The molecule has 1 fully saturated rings. The minimum absolute atomic E-state index is 0.0794. The van der Waals surface area contributed by atoms with Gasteiger partial charge >= 0.3 is 0 Å². The van der Waals surface area contributed by atoms with E-state index in [4.69, 9.17) is 0 Å². The molecule has 2 atom stereocenters. The van der Waals surface area contributed by atoms with Crippen molar-refractivity contribution < 1.29 is 8.78 Å². The zero-order valence-electron chi connectivity index (χ0n) is 10.7. The first kappa shape index (κ1) is 13.9. The lowest BCUT2D eigenvalue weighted by Crippen LogP contribution is -2.43. The Hall–Kier alpha value is -0.180. The van der Waals surface area contributed by atoms with E-state index in [0.29, 0.717) is 30.7 Å². The zero-order chi connectivity index (χ0) is 12.2. The van der Waals surface area contributed by atoms with Crippen molar-refractivity contribution in [3.05, 3.63) is 0 Å². The van der Waals surface area contributed by atoms with Crippen LogP contribution in [0.25, 0.3) is 0 Å². The summed E-state index contributed by atoms with van der Waals surface area (Å²) in [6.07, 6.45) is 2.63. The van der Waals surface area contributed by atoms with Gasteiger partial charge in [-0.3, -0.25) is 0 Å². The van der Waals surface area contributed by atoms with Crippen molar-refractivity contribution in [3.63, 3.8) is 0 Å². The molecule has 0 aromatic rings. The van der Waals surface area contributed by atoms with Gasteiger partial charge in [-0.05, 0) is 31.2 Å². The molecule has 0 amide bonds. The van der Waals surface area contributed by atoms with Crippen LogP contribution in [-0.2, 0) is 0 Å². The largest absolute Gasteiger partial charge is 0.314 e. The molecule has 96 valence electrons. The summed E-state index contributed by atoms with van der Waals surface area (Å²) in [6.45, 7) is 7.42. The first-order chi connectivity index (χ1) is 7.50. The Morgan fingerprint density at radius 2 is 1.81 bits per heavy atom. The predicted octanol–water partition coefficient (Wildman–Crippen LogP) is 3.84. The van der Waals surface area contributed by atoms with Gasteiger partial charge in [-0.15, -0.1) is 0 Å². The number of hydrogen-bond donors (Lipinski definition) is 1. The molecule has 0 spiro atoms. The Kier molecular flexibility index (Phi) is 5.16. The van der Waals surface area contributed by atoms with E-state index in [0.717, 1.165) is 13.0 Å². The zero-order valence-corrected chi connectivity index (χ0v) is 10.7. The van der Waals surface area contributed by atoms with E-state index in [9.17, 15) is 8.78 Å². The molecule has 0 heterocycles. The fourth-order valence-electron chi connectivity index (χ4n) is 2.74. The third-order valence-electron chi connectivity index (χ3n) is 3.97. The molecule has 1 aliphatic rings. The summed E-state index contributed by atoms with van der Waals surface area (Å²) in [5.74, 6) is -1.38. The van der Waals surface area contributed by atoms with Gasteiger partial charge in [-0.2, -0.15) is 0 Å². The second-order valence-electron chi connectivity index (χ2n) is 5.16. The Balaban J connectivity index is 2.53. The van der Waals surface area contributed by atoms with Crippen LogP contribution in [0.2, 0.25) is 0 Å². The average Bonchev–Trinajstić information content (AvgIpc) is 2.25. The molecule has 1 saturated carbocycles. The molecule has 1 aliphatic carbocycles. The molecule has 0 radical (unpaired) electrons. The van der Waals surface area contributed by atoms with E-state index in [1.54, 1.807) is 0 Å². The van der Waals surface area contributed by atoms with Crippen LogP contribution >= 0.6 is 0 Å². The van der Waals surface area contributed by atoms with E-state index >= 15 is 0 Å². The Morgan fingerprint density at radius 3 is 2.25 bits per heavy atom. The maximum absolute atomic E-state index is 13.1. The molecule has 1 rings (SSSR count). The summed E-state index contributed by atoms with van der Waals surface area (Å²) < 4.78 is 26.2. The van der Waals surface area contributed by atoms with Gasteiger partial charge in [0.15, 0.2) is 0 Å². The average molecular weight is 233 g/mol. The molecule has 0 aromatic carbocycles. The molecule has 0 aromatic heterocycles. The van der Waals surface area contributed by atoms with Crippen LogP contribution in [-0.4, -0.2) is 18.5 Å².